The number of aryl methyl sites for hydroxylation is 1. The summed E-state index contributed by atoms with van der Waals surface area (Å²) in [5.41, 5.74) is 4.63. The molecule has 2 aromatic carbocycles. The summed E-state index contributed by atoms with van der Waals surface area (Å²) in [4.78, 5) is 16.5. The normalized spacial score (nSPS) is 14.0. The lowest BCUT2D eigenvalue weighted by molar-refractivity contribution is 0.0966. The maximum Gasteiger partial charge on any atom is 0.251 e. The second kappa shape index (κ2) is 6.67. The van der Waals surface area contributed by atoms with Gasteiger partial charge in [-0.2, -0.15) is 0 Å². The zero-order valence-electron chi connectivity index (χ0n) is 14.9. The Morgan fingerprint density at radius 3 is 2.81 bits per heavy atom. The lowest BCUT2D eigenvalue weighted by Gasteiger charge is -2.12. The van der Waals surface area contributed by atoms with Gasteiger partial charge in [-0.3, -0.25) is 4.79 Å². The first-order valence-electron chi connectivity index (χ1n) is 8.88. The fraction of sp³-hybridized carbons (Fsp3) is 0.238. The van der Waals surface area contributed by atoms with E-state index in [4.69, 9.17) is 4.42 Å². The van der Waals surface area contributed by atoms with Crippen LogP contribution < -0.4 is 10.6 Å². The molecule has 0 spiro atoms. The van der Waals surface area contributed by atoms with Crippen LogP contribution in [0.3, 0.4) is 0 Å². The van der Waals surface area contributed by atoms with Crippen LogP contribution in [-0.4, -0.2) is 10.9 Å². The summed E-state index contributed by atoms with van der Waals surface area (Å²) in [7, 11) is 0. The summed E-state index contributed by atoms with van der Waals surface area (Å²) < 4.78 is 6.09. The van der Waals surface area contributed by atoms with E-state index in [9.17, 15) is 4.79 Å². The third-order valence-electron chi connectivity index (χ3n) is 4.63. The average Bonchev–Trinajstić information content (AvgIpc) is 3.27. The Bertz CT molecular complexity index is 947. The second-order valence-electron chi connectivity index (χ2n) is 6.47. The molecule has 132 valence electrons. The van der Waals surface area contributed by atoms with Crippen LogP contribution in [0.1, 0.15) is 47.4 Å². The van der Waals surface area contributed by atoms with E-state index in [2.05, 4.69) is 22.5 Å². The van der Waals surface area contributed by atoms with Crippen molar-refractivity contribution in [3.63, 3.8) is 0 Å². The zero-order valence-corrected chi connectivity index (χ0v) is 14.9. The highest BCUT2D eigenvalue weighted by molar-refractivity contribution is 5.99. The molecule has 0 bridgehead atoms. The molecular formula is C21H21N3O2. The summed E-state index contributed by atoms with van der Waals surface area (Å²) in [5, 5.41) is 6.22. The first-order valence-corrected chi connectivity index (χ1v) is 8.88. The molecule has 5 nitrogen and oxygen atoms in total. The molecule has 0 aliphatic carbocycles. The minimum Gasteiger partial charge on any atom is -0.438 e. The van der Waals surface area contributed by atoms with Gasteiger partial charge >= 0.3 is 0 Å². The van der Waals surface area contributed by atoms with Crippen molar-refractivity contribution in [2.24, 2.45) is 0 Å². The topological polar surface area (TPSA) is 67.2 Å². The molecule has 3 aromatic rings. The van der Waals surface area contributed by atoms with Gasteiger partial charge in [0.1, 0.15) is 6.04 Å². The molecule has 1 aliphatic rings. The standard InChI is InChI=1S/C21H21N3O2/c1-3-18-19(14-7-5-4-6-8-14)26-21(24-18)13(2)23-16-10-9-15-12-22-20(25)17(15)11-16/h4-11,13,23H,3,12H2,1-2H3,(H,22,25)/t13-/m1/s1. The fourth-order valence-corrected chi connectivity index (χ4v) is 3.22. The molecule has 0 fully saturated rings. The highest BCUT2D eigenvalue weighted by Crippen LogP contribution is 2.29. The van der Waals surface area contributed by atoms with Gasteiger partial charge in [0.2, 0.25) is 5.89 Å². The number of oxazole rings is 1. The van der Waals surface area contributed by atoms with Gasteiger partial charge in [0.15, 0.2) is 5.76 Å². The summed E-state index contributed by atoms with van der Waals surface area (Å²) in [6.07, 6.45) is 0.805. The minimum absolute atomic E-state index is 0.0212. The van der Waals surface area contributed by atoms with Gasteiger partial charge in [-0.05, 0) is 31.0 Å². The third-order valence-corrected chi connectivity index (χ3v) is 4.63. The van der Waals surface area contributed by atoms with Crippen LogP contribution in [0.25, 0.3) is 11.3 Å². The van der Waals surface area contributed by atoms with Gasteiger partial charge in [0.25, 0.3) is 5.91 Å². The second-order valence-corrected chi connectivity index (χ2v) is 6.47. The van der Waals surface area contributed by atoms with Gasteiger partial charge in [-0.25, -0.2) is 4.98 Å². The van der Waals surface area contributed by atoms with Crippen LogP contribution in [0.2, 0.25) is 0 Å². The monoisotopic (exact) mass is 347 g/mol. The highest BCUT2D eigenvalue weighted by Gasteiger charge is 2.21. The number of fused-ring (bicyclic) bond motifs is 1. The van der Waals surface area contributed by atoms with E-state index >= 15 is 0 Å². The van der Waals surface area contributed by atoms with Gasteiger partial charge in [0, 0.05) is 23.4 Å². The Labute approximate surface area is 152 Å². The number of nitrogens with one attached hydrogen (secondary N) is 2. The first-order chi connectivity index (χ1) is 12.7. The molecule has 26 heavy (non-hydrogen) atoms. The Balaban J connectivity index is 1.59. The van der Waals surface area contributed by atoms with Crippen molar-refractivity contribution >= 4 is 11.6 Å². The number of anilines is 1. The van der Waals surface area contributed by atoms with Crippen molar-refractivity contribution in [2.75, 3.05) is 5.32 Å². The zero-order chi connectivity index (χ0) is 18.1. The van der Waals surface area contributed by atoms with E-state index in [1.54, 1.807) is 0 Å². The SMILES string of the molecule is CCc1nc([C@@H](C)Nc2ccc3c(c2)C(=O)NC3)oc1-c1ccccc1. The van der Waals surface area contributed by atoms with Crippen molar-refractivity contribution in [3.8, 4) is 11.3 Å². The predicted molar refractivity (Wildman–Crippen MR) is 101 cm³/mol. The molecule has 0 radical (unpaired) electrons. The van der Waals surface area contributed by atoms with Crippen LogP contribution in [0.5, 0.6) is 0 Å². The number of rotatable bonds is 5. The molecule has 0 unspecified atom stereocenters. The molecule has 1 aromatic heterocycles. The number of amides is 1. The molecule has 4 rings (SSSR count). The lowest BCUT2D eigenvalue weighted by Crippen LogP contribution is -2.12. The molecule has 2 heterocycles. The number of carbonyl (C=O) groups excluding carboxylic acids is 1. The summed E-state index contributed by atoms with van der Waals surface area (Å²) in [6.45, 7) is 4.68. The van der Waals surface area contributed by atoms with E-state index in [0.717, 1.165) is 40.3 Å². The van der Waals surface area contributed by atoms with Crippen molar-refractivity contribution in [2.45, 2.75) is 32.9 Å². The summed E-state index contributed by atoms with van der Waals surface area (Å²) in [5.74, 6) is 1.45. The average molecular weight is 347 g/mol. The molecular weight excluding hydrogens is 326 g/mol. The van der Waals surface area contributed by atoms with Crippen LogP contribution in [0.15, 0.2) is 52.9 Å². The maximum absolute atomic E-state index is 11.8. The molecule has 0 saturated heterocycles. The largest absolute Gasteiger partial charge is 0.438 e. The van der Waals surface area contributed by atoms with E-state index in [1.165, 1.54) is 0 Å². The number of hydrogen-bond donors (Lipinski definition) is 2. The van der Waals surface area contributed by atoms with Gasteiger partial charge in [-0.1, -0.05) is 43.3 Å². The van der Waals surface area contributed by atoms with Crippen molar-refractivity contribution in [3.05, 3.63) is 71.2 Å². The Kier molecular flexibility index (Phi) is 4.21. The molecule has 0 saturated carbocycles. The summed E-state index contributed by atoms with van der Waals surface area (Å²) >= 11 is 0. The number of aromatic nitrogens is 1. The fourth-order valence-electron chi connectivity index (χ4n) is 3.22. The van der Waals surface area contributed by atoms with Crippen LogP contribution in [0, 0.1) is 0 Å². The quantitative estimate of drug-likeness (QED) is 0.721. The van der Waals surface area contributed by atoms with Crippen molar-refractivity contribution in [1.29, 1.82) is 0 Å². The van der Waals surface area contributed by atoms with Crippen LogP contribution in [0.4, 0.5) is 5.69 Å². The van der Waals surface area contributed by atoms with Gasteiger partial charge in [-0.15, -0.1) is 0 Å². The molecule has 1 aliphatic heterocycles. The maximum atomic E-state index is 11.8. The molecule has 2 N–H and O–H groups in total. The lowest BCUT2D eigenvalue weighted by atomic mass is 10.1. The number of benzene rings is 2. The van der Waals surface area contributed by atoms with E-state index < -0.39 is 0 Å². The Morgan fingerprint density at radius 1 is 1.23 bits per heavy atom. The molecule has 5 heteroatoms. The molecule has 1 atom stereocenters. The predicted octanol–water partition coefficient (Wildman–Crippen LogP) is 4.32. The van der Waals surface area contributed by atoms with Gasteiger partial charge in [0.05, 0.1) is 5.69 Å². The number of nitrogens with zero attached hydrogens (tertiary/aromatic N) is 1. The first kappa shape index (κ1) is 16.4. The third kappa shape index (κ3) is 2.96. The van der Waals surface area contributed by atoms with E-state index in [-0.39, 0.29) is 11.9 Å². The highest BCUT2D eigenvalue weighted by atomic mass is 16.4. The summed E-state index contributed by atoms with van der Waals surface area (Å²) in [6, 6.07) is 15.8. The van der Waals surface area contributed by atoms with Crippen LogP contribution in [-0.2, 0) is 13.0 Å². The Morgan fingerprint density at radius 2 is 2.04 bits per heavy atom. The number of carbonyl (C=O) groups is 1. The molecule has 1 amide bonds. The van der Waals surface area contributed by atoms with Crippen molar-refractivity contribution in [1.82, 2.24) is 10.3 Å². The smallest absolute Gasteiger partial charge is 0.251 e. The van der Waals surface area contributed by atoms with Crippen molar-refractivity contribution < 1.29 is 9.21 Å². The van der Waals surface area contributed by atoms with Crippen LogP contribution >= 0.6 is 0 Å². The van der Waals surface area contributed by atoms with Gasteiger partial charge < -0.3 is 15.1 Å². The van der Waals surface area contributed by atoms with E-state index in [1.807, 2.05) is 55.5 Å². The number of hydrogen-bond acceptors (Lipinski definition) is 4. The van der Waals surface area contributed by atoms with E-state index in [0.29, 0.717) is 12.4 Å². The minimum atomic E-state index is -0.111. The Hall–Kier alpha value is -3.08.